The Morgan fingerprint density at radius 3 is 0.804 bits per heavy atom. The van der Waals surface area contributed by atoms with Gasteiger partial charge in [-0.1, -0.05) is 198 Å². The van der Waals surface area contributed by atoms with Crippen molar-refractivity contribution in [2.75, 3.05) is 9.80 Å². The average Bonchev–Trinajstić information content (AvgIpc) is 0.709. The molecule has 0 N–H and O–H groups in total. The molecular weight excluding hydrogens is 1110 g/mol. The van der Waals surface area contributed by atoms with Crippen LogP contribution in [0.25, 0.3) is 76.8 Å². The molecule has 0 aromatic heterocycles. The van der Waals surface area contributed by atoms with E-state index in [-0.39, 0.29) is 10.8 Å². The molecule has 0 saturated heterocycles. The maximum atomic E-state index is 10.00. The molecule has 4 nitrogen and oxygen atoms in total. The largest absolute Gasteiger partial charge is 0.310 e. The van der Waals surface area contributed by atoms with Crippen molar-refractivity contribution >= 4 is 66.4 Å². The van der Waals surface area contributed by atoms with Crippen LogP contribution in [0.4, 0.5) is 34.1 Å². The highest BCUT2D eigenvalue weighted by atomic mass is 15.1. The van der Waals surface area contributed by atoms with Gasteiger partial charge >= 0.3 is 0 Å². The molecular formula is C88H70N4. The fourth-order valence-corrected chi connectivity index (χ4v) is 13.7. The first-order valence-corrected chi connectivity index (χ1v) is 31.7. The average molecular weight is 1180 g/mol. The highest BCUT2D eigenvalue weighted by Crippen LogP contribution is 2.50. The lowest BCUT2D eigenvalue weighted by Crippen LogP contribution is -2.19. The Bertz CT molecular complexity index is 4820. The highest BCUT2D eigenvalue weighted by Gasteiger charge is 2.27. The van der Waals surface area contributed by atoms with Crippen molar-refractivity contribution in [1.82, 2.24) is 0 Å². The lowest BCUT2D eigenvalue weighted by molar-refractivity contribution is 0.641. The predicted octanol–water partition coefficient (Wildman–Crippen LogP) is 23.8. The van der Waals surface area contributed by atoms with E-state index in [9.17, 15) is 10.5 Å². The van der Waals surface area contributed by atoms with Crippen LogP contribution in [-0.2, 0) is 10.8 Å². The zero-order valence-electron chi connectivity index (χ0n) is 53.3. The van der Waals surface area contributed by atoms with Crippen LogP contribution < -0.4 is 9.80 Å². The lowest BCUT2D eigenvalue weighted by atomic mass is 9.78. The number of hydrogen-bond acceptors (Lipinski definition) is 4. The van der Waals surface area contributed by atoms with Gasteiger partial charge in [-0.25, -0.2) is 0 Å². The fraction of sp³-hybridized carbons (Fsp3) is 0.114. The van der Waals surface area contributed by atoms with Gasteiger partial charge in [-0.15, -0.1) is 0 Å². The minimum absolute atomic E-state index is 0.178. The molecule has 92 heavy (non-hydrogen) atoms. The molecule has 0 aliphatic rings. The van der Waals surface area contributed by atoms with E-state index in [1.54, 1.807) is 0 Å². The second kappa shape index (κ2) is 23.6. The van der Waals surface area contributed by atoms with E-state index < -0.39 is 0 Å². The Kier molecular flexibility index (Phi) is 15.0. The summed E-state index contributed by atoms with van der Waals surface area (Å²) in [5.74, 6) is 0. The third-order valence-electron chi connectivity index (χ3n) is 19.6. The molecule has 14 aromatic carbocycles. The van der Waals surface area contributed by atoms with E-state index in [0.717, 1.165) is 100 Å². The van der Waals surface area contributed by atoms with Gasteiger partial charge in [0.05, 0.1) is 23.3 Å². The SMILES string of the molecule is Cc1ccc(N(c2ccc(-c3cc(-c4ccc(C#N)cc4)c4ccc5c(-c6ccc(N(c7ccc(C(C)(C)c8ccccc8)cc7)c7ccc(C)c(C)c7)cc6)cc(-c6ccc(C#N)cc6)c6ccc3c4c65)cc2)c2ccc(C(C)(C)c3ccccc3)cc2)cc1C. The van der Waals surface area contributed by atoms with Gasteiger partial charge in [-0.2, -0.15) is 10.5 Å². The fourth-order valence-electron chi connectivity index (χ4n) is 13.7. The summed E-state index contributed by atoms with van der Waals surface area (Å²) in [5, 5.41) is 26.9. The van der Waals surface area contributed by atoms with Gasteiger partial charge in [0.15, 0.2) is 0 Å². The summed E-state index contributed by atoms with van der Waals surface area (Å²) in [4.78, 5) is 4.74. The summed E-state index contributed by atoms with van der Waals surface area (Å²) < 4.78 is 0. The molecule has 4 heteroatoms. The summed E-state index contributed by atoms with van der Waals surface area (Å²) in [5.41, 5.74) is 26.0. The number of anilines is 6. The maximum absolute atomic E-state index is 10.00. The molecule has 0 unspecified atom stereocenters. The van der Waals surface area contributed by atoms with Crippen LogP contribution >= 0.6 is 0 Å². The van der Waals surface area contributed by atoms with Crippen LogP contribution in [0.3, 0.4) is 0 Å². The van der Waals surface area contributed by atoms with Crippen molar-refractivity contribution in [3.05, 3.63) is 335 Å². The number of benzene rings is 14. The van der Waals surface area contributed by atoms with Gasteiger partial charge < -0.3 is 9.80 Å². The van der Waals surface area contributed by atoms with Gasteiger partial charge in [0.1, 0.15) is 0 Å². The molecule has 0 atom stereocenters. The summed E-state index contributed by atoms with van der Waals surface area (Å²) >= 11 is 0. The summed E-state index contributed by atoms with van der Waals surface area (Å²) in [6.07, 6.45) is 0. The molecule has 0 aliphatic heterocycles. The molecule has 0 aliphatic carbocycles. The summed E-state index contributed by atoms with van der Waals surface area (Å²) in [7, 11) is 0. The molecule has 0 bridgehead atoms. The number of nitrogens with zero attached hydrogens (tertiary/aromatic N) is 4. The van der Waals surface area contributed by atoms with Gasteiger partial charge in [-0.05, 0) is 258 Å². The Hall–Kier alpha value is -11.3. The predicted molar refractivity (Wildman–Crippen MR) is 387 cm³/mol. The monoisotopic (exact) mass is 1180 g/mol. The standard InChI is InChI=1S/C88H70N4/c1-57-19-37-75(51-59(57)3)91(73-43-33-69(34-44-73)87(5,6)67-15-11-9-12-16-67)71-39-29-65(30-40-71)83-53-81(63-25-21-61(55-89)22-26-63)77-48-50-80-84(54-82(64-27-23-62(56-90)24-28-64)78-47-49-79(83)85(77)86(78)80)66-31-41-72(42-32-66)92(76-38-20-58(2)60(4)52-76)74-45-35-70(36-46-74)88(7,8)68-17-13-10-14-18-68/h9-54H,1-8H3. The quantitative estimate of drug-likeness (QED) is 0.102. The van der Waals surface area contributed by atoms with Crippen LogP contribution in [-0.4, -0.2) is 0 Å². The second-order valence-electron chi connectivity index (χ2n) is 25.8. The van der Waals surface area contributed by atoms with Crippen molar-refractivity contribution < 1.29 is 0 Å². The molecule has 0 heterocycles. The zero-order chi connectivity index (χ0) is 63.4. The van der Waals surface area contributed by atoms with Gasteiger partial charge in [0.25, 0.3) is 0 Å². The van der Waals surface area contributed by atoms with Crippen LogP contribution in [0.1, 0.15) is 83.3 Å². The van der Waals surface area contributed by atoms with Crippen molar-refractivity contribution in [1.29, 1.82) is 10.5 Å². The Morgan fingerprint density at radius 2 is 0.522 bits per heavy atom. The first kappa shape index (κ1) is 58.4. The van der Waals surface area contributed by atoms with E-state index in [0.29, 0.717) is 11.1 Å². The van der Waals surface area contributed by atoms with Crippen LogP contribution in [0.15, 0.2) is 279 Å². The van der Waals surface area contributed by atoms with Crippen LogP contribution in [0.2, 0.25) is 0 Å². The van der Waals surface area contributed by atoms with Crippen molar-refractivity contribution in [3.63, 3.8) is 0 Å². The van der Waals surface area contributed by atoms with Crippen LogP contribution in [0.5, 0.6) is 0 Å². The van der Waals surface area contributed by atoms with E-state index in [2.05, 4.69) is 332 Å². The Balaban J connectivity index is 0.930. The lowest BCUT2D eigenvalue weighted by Gasteiger charge is -2.29. The summed E-state index contributed by atoms with van der Waals surface area (Å²) in [6, 6.07) is 106. The third-order valence-corrected chi connectivity index (χ3v) is 19.6. The first-order chi connectivity index (χ1) is 44.7. The Labute approximate surface area is 541 Å². The van der Waals surface area contributed by atoms with Crippen molar-refractivity contribution in [2.45, 2.75) is 66.2 Å². The summed E-state index contributed by atoms with van der Waals surface area (Å²) in [6.45, 7) is 17.9. The molecule has 0 saturated carbocycles. The van der Waals surface area contributed by atoms with Gasteiger partial charge in [0, 0.05) is 45.0 Å². The molecule has 14 rings (SSSR count). The molecule has 0 amide bonds. The first-order valence-electron chi connectivity index (χ1n) is 31.7. The Morgan fingerprint density at radius 1 is 0.261 bits per heavy atom. The highest BCUT2D eigenvalue weighted by molar-refractivity contribution is 6.32. The van der Waals surface area contributed by atoms with Crippen LogP contribution in [0, 0.1) is 50.4 Å². The topological polar surface area (TPSA) is 54.1 Å². The molecule has 0 spiro atoms. The van der Waals surface area contributed by atoms with Gasteiger partial charge in [-0.3, -0.25) is 0 Å². The minimum Gasteiger partial charge on any atom is -0.310 e. The third kappa shape index (κ3) is 10.5. The molecule has 442 valence electrons. The number of aryl methyl sites for hydroxylation is 4. The van der Waals surface area contributed by atoms with Gasteiger partial charge in [0.2, 0.25) is 0 Å². The zero-order valence-corrected chi connectivity index (χ0v) is 53.3. The van der Waals surface area contributed by atoms with E-state index in [4.69, 9.17) is 0 Å². The number of rotatable bonds is 14. The van der Waals surface area contributed by atoms with E-state index in [1.165, 1.54) is 55.3 Å². The second-order valence-corrected chi connectivity index (χ2v) is 25.8. The smallest absolute Gasteiger partial charge is 0.0991 e. The molecule has 14 aromatic rings. The number of hydrogen-bond donors (Lipinski definition) is 0. The molecule has 0 fully saturated rings. The van der Waals surface area contributed by atoms with E-state index >= 15 is 0 Å². The number of nitriles is 2. The van der Waals surface area contributed by atoms with E-state index in [1.807, 2.05) is 24.3 Å². The minimum atomic E-state index is -0.178. The molecule has 0 radical (unpaired) electrons. The normalized spacial score (nSPS) is 11.7. The van der Waals surface area contributed by atoms with Crippen molar-refractivity contribution in [3.8, 4) is 56.6 Å². The van der Waals surface area contributed by atoms with Crippen molar-refractivity contribution in [2.24, 2.45) is 0 Å². The maximum Gasteiger partial charge on any atom is 0.0991 e.